The van der Waals surface area contributed by atoms with E-state index >= 15 is 0 Å². The van der Waals surface area contributed by atoms with Crippen molar-refractivity contribution in [2.45, 2.75) is 25.3 Å². The first-order valence-corrected chi connectivity index (χ1v) is 8.93. The van der Waals surface area contributed by atoms with Gasteiger partial charge in [0.05, 0.1) is 5.56 Å². The average molecular weight is 383 g/mol. The standard InChI is InChI=1S/C19H19F2N7/c1-23-13-7-5-11(6-8-13)12-9-14(18(22)24-10-12)19-25-26-27-28(19)16-4-2-3-15(20)17(16)21/h2-5,9-10,13,23H,6-8H2,1H3,(H2,22,24). The van der Waals surface area contributed by atoms with E-state index in [1.165, 1.54) is 12.1 Å². The van der Waals surface area contributed by atoms with Gasteiger partial charge in [-0.3, -0.25) is 0 Å². The number of nitrogens with zero attached hydrogens (tertiary/aromatic N) is 5. The lowest BCUT2D eigenvalue weighted by Gasteiger charge is -2.21. The normalized spacial score (nSPS) is 16.8. The Morgan fingerprint density at radius 3 is 2.89 bits per heavy atom. The SMILES string of the molecule is CNC1CC=C(c2cnc(N)c(-c3nnnn3-c3cccc(F)c3F)c2)CC1. The molecule has 1 aliphatic rings. The van der Waals surface area contributed by atoms with Crippen molar-refractivity contribution in [3.63, 3.8) is 0 Å². The lowest BCUT2D eigenvalue weighted by molar-refractivity contribution is 0.501. The number of nitrogens with one attached hydrogen (secondary N) is 1. The molecule has 28 heavy (non-hydrogen) atoms. The molecule has 9 heteroatoms. The van der Waals surface area contributed by atoms with E-state index < -0.39 is 11.6 Å². The summed E-state index contributed by atoms with van der Waals surface area (Å²) in [5, 5.41) is 14.7. The maximum Gasteiger partial charge on any atom is 0.190 e. The fraction of sp³-hybridized carbons (Fsp3) is 0.263. The zero-order chi connectivity index (χ0) is 19.7. The molecular formula is C19H19F2N7. The highest BCUT2D eigenvalue weighted by Crippen LogP contribution is 2.32. The number of tetrazole rings is 1. The minimum Gasteiger partial charge on any atom is -0.383 e. The molecule has 0 radical (unpaired) electrons. The van der Waals surface area contributed by atoms with Crippen LogP contribution in [0.1, 0.15) is 24.8 Å². The Labute approximate surface area is 160 Å². The van der Waals surface area contributed by atoms with Gasteiger partial charge >= 0.3 is 0 Å². The number of benzene rings is 1. The van der Waals surface area contributed by atoms with Crippen molar-refractivity contribution in [3.8, 4) is 17.1 Å². The number of nitrogens with two attached hydrogens (primary N) is 1. The zero-order valence-electron chi connectivity index (χ0n) is 15.2. The molecule has 1 aliphatic carbocycles. The number of hydrogen-bond acceptors (Lipinski definition) is 6. The molecule has 0 fully saturated rings. The van der Waals surface area contributed by atoms with E-state index in [0.29, 0.717) is 11.6 Å². The molecule has 0 saturated carbocycles. The van der Waals surface area contributed by atoms with Crippen molar-refractivity contribution in [1.82, 2.24) is 30.5 Å². The Morgan fingerprint density at radius 2 is 2.14 bits per heavy atom. The molecule has 1 unspecified atom stereocenters. The van der Waals surface area contributed by atoms with Crippen LogP contribution in [0.4, 0.5) is 14.6 Å². The van der Waals surface area contributed by atoms with Crippen LogP contribution in [-0.2, 0) is 0 Å². The van der Waals surface area contributed by atoms with Gasteiger partial charge < -0.3 is 11.1 Å². The summed E-state index contributed by atoms with van der Waals surface area (Å²) in [4.78, 5) is 4.27. The Kier molecular flexibility index (Phi) is 4.82. The van der Waals surface area contributed by atoms with E-state index in [2.05, 4.69) is 31.9 Å². The van der Waals surface area contributed by atoms with E-state index in [9.17, 15) is 8.78 Å². The minimum absolute atomic E-state index is 0.0986. The van der Waals surface area contributed by atoms with Gasteiger partial charge in [0.25, 0.3) is 0 Å². The van der Waals surface area contributed by atoms with E-state index in [-0.39, 0.29) is 17.3 Å². The minimum atomic E-state index is -1.04. The van der Waals surface area contributed by atoms with Gasteiger partial charge in [-0.2, -0.15) is 4.68 Å². The van der Waals surface area contributed by atoms with Gasteiger partial charge in [-0.1, -0.05) is 12.1 Å². The highest BCUT2D eigenvalue weighted by Gasteiger charge is 2.20. The monoisotopic (exact) mass is 383 g/mol. The number of nitrogen functional groups attached to an aromatic ring is 1. The van der Waals surface area contributed by atoms with Crippen molar-refractivity contribution >= 4 is 11.4 Å². The Balaban J connectivity index is 1.76. The van der Waals surface area contributed by atoms with Crippen molar-refractivity contribution in [2.75, 3.05) is 12.8 Å². The van der Waals surface area contributed by atoms with E-state index in [1.54, 1.807) is 6.20 Å². The third-order valence-electron chi connectivity index (χ3n) is 4.98. The molecule has 3 aromatic rings. The van der Waals surface area contributed by atoms with Crippen LogP contribution in [0, 0.1) is 11.6 Å². The number of hydrogen-bond donors (Lipinski definition) is 2. The zero-order valence-corrected chi connectivity index (χ0v) is 15.2. The second-order valence-corrected chi connectivity index (χ2v) is 6.63. The summed E-state index contributed by atoms with van der Waals surface area (Å²) in [5.74, 6) is -1.61. The molecule has 0 amide bonds. The maximum atomic E-state index is 14.2. The Hall–Kier alpha value is -3.20. The molecule has 2 heterocycles. The largest absolute Gasteiger partial charge is 0.383 e. The predicted molar refractivity (Wildman–Crippen MR) is 101 cm³/mol. The number of aromatic nitrogens is 5. The molecule has 0 spiro atoms. The summed E-state index contributed by atoms with van der Waals surface area (Å²) in [6.45, 7) is 0. The van der Waals surface area contributed by atoms with E-state index in [1.807, 2.05) is 13.1 Å². The van der Waals surface area contributed by atoms with Crippen molar-refractivity contribution < 1.29 is 8.78 Å². The van der Waals surface area contributed by atoms with Crippen LogP contribution in [-0.4, -0.2) is 38.3 Å². The van der Waals surface area contributed by atoms with Crippen molar-refractivity contribution in [2.24, 2.45) is 0 Å². The lowest BCUT2D eigenvalue weighted by Crippen LogP contribution is -2.26. The van der Waals surface area contributed by atoms with Crippen LogP contribution in [0.3, 0.4) is 0 Å². The topological polar surface area (TPSA) is 94.5 Å². The molecule has 4 rings (SSSR count). The molecule has 144 valence electrons. The number of anilines is 1. The highest BCUT2D eigenvalue weighted by atomic mass is 19.2. The van der Waals surface area contributed by atoms with Crippen LogP contribution in [0.25, 0.3) is 22.6 Å². The van der Waals surface area contributed by atoms with Gasteiger partial charge in [0, 0.05) is 12.2 Å². The van der Waals surface area contributed by atoms with Crippen LogP contribution in [0.2, 0.25) is 0 Å². The second kappa shape index (κ2) is 7.43. The first kappa shape index (κ1) is 18.2. The van der Waals surface area contributed by atoms with Crippen LogP contribution in [0.15, 0.2) is 36.5 Å². The van der Waals surface area contributed by atoms with Crippen molar-refractivity contribution in [1.29, 1.82) is 0 Å². The number of allylic oxidation sites excluding steroid dienone is 1. The van der Waals surface area contributed by atoms with Gasteiger partial charge in [-0.05, 0) is 66.1 Å². The molecule has 0 bridgehead atoms. The molecule has 1 atom stereocenters. The molecular weight excluding hydrogens is 364 g/mol. The lowest BCUT2D eigenvalue weighted by atomic mass is 9.91. The molecule has 0 aliphatic heterocycles. The smallest absolute Gasteiger partial charge is 0.190 e. The molecule has 0 saturated heterocycles. The fourth-order valence-corrected chi connectivity index (χ4v) is 3.36. The fourth-order valence-electron chi connectivity index (χ4n) is 3.36. The van der Waals surface area contributed by atoms with Crippen LogP contribution < -0.4 is 11.1 Å². The van der Waals surface area contributed by atoms with Gasteiger partial charge in [-0.15, -0.1) is 5.10 Å². The summed E-state index contributed by atoms with van der Waals surface area (Å²) in [6.07, 6.45) is 6.74. The maximum absolute atomic E-state index is 14.2. The van der Waals surface area contributed by atoms with Gasteiger partial charge in [0.1, 0.15) is 11.5 Å². The molecule has 7 nitrogen and oxygen atoms in total. The number of pyridine rings is 1. The van der Waals surface area contributed by atoms with E-state index in [4.69, 9.17) is 5.73 Å². The molecule has 3 N–H and O–H groups in total. The van der Waals surface area contributed by atoms with Gasteiger partial charge in [-0.25, -0.2) is 13.8 Å². The van der Waals surface area contributed by atoms with Gasteiger partial charge in [0.2, 0.25) is 0 Å². The Morgan fingerprint density at radius 1 is 1.29 bits per heavy atom. The number of rotatable bonds is 4. The first-order valence-electron chi connectivity index (χ1n) is 8.93. The third kappa shape index (κ3) is 3.24. The predicted octanol–water partition coefficient (Wildman–Crippen LogP) is 2.74. The van der Waals surface area contributed by atoms with E-state index in [0.717, 1.165) is 41.1 Å². The second-order valence-electron chi connectivity index (χ2n) is 6.63. The van der Waals surface area contributed by atoms with Crippen LogP contribution >= 0.6 is 0 Å². The van der Waals surface area contributed by atoms with Crippen LogP contribution in [0.5, 0.6) is 0 Å². The Bertz CT molecular complexity index is 1040. The van der Waals surface area contributed by atoms with Gasteiger partial charge in [0.15, 0.2) is 17.5 Å². The first-order chi connectivity index (χ1) is 13.6. The molecule has 2 aromatic heterocycles. The summed E-state index contributed by atoms with van der Waals surface area (Å²) < 4.78 is 29.0. The summed E-state index contributed by atoms with van der Waals surface area (Å²) in [7, 11) is 1.96. The third-order valence-corrected chi connectivity index (χ3v) is 4.98. The average Bonchev–Trinajstić information content (AvgIpc) is 3.20. The summed E-state index contributed by atoms with van der Waals surface area (Å²) >= 11 is 0. The molecule has 1 aromatic carbocycles. The van der Waals surface area contributed by atoms with Crippen molar-refractivity contribution in [3.05, 3.63) is 53.7 Å². The quantitative estimate of drug-likeness (QED) is 0.719. The summed E-state index contributed by atoms with van der Waals surface area (Å²) in [5.41, 5.74) is 8.49. The number of halogens is 2. The summed E-state index contributed by atoms with van der Waals surface area (Å²) in [6, 6.07) is 6.13. The highest BCUT2D eigenvalue weighted by molar-refractivity contribution is 5.76.